The molecule has 2 amide bonds. The zero-order valence-electron chi connectivity index (χ0n) is 12.9. The van der Waals surface area contributed by atoms with Crippen LogP contribution in [0, 0.1) is 13.8 Å². The summed E-state index contributed by atoms with van der Waals surface area (Å²) in [6, 6.07) is 12.7. The van der Waals surface area contributed by atoms with Gasteiger partial charge in [0.25, 0.3) is 11.8 Å². The number of ether oxygens (including phenoxy) is 1. The molecule has 0 atom stereocenters. The smallest absolute Gasteiger partial charge is 0.276 e. The first-order valence-electron chi connectivity index (χ1n) is 7.01. The lowest BCUT2D eigenvalue weighted by molar-refractivity contribution is -0.123. The second-order valence-corrected chi connectivity index (χ2v) is 5.89. The fourth-order valence-corrected chi connectivity index (χ4v) is 2.53. The Kier molecular flexibility index (Phi) is 5.76. The molecule has 2 N–H and O–H groups in total. The van der Waals surface area contributed by atoms with Gasteiger partial charge in [0.2, 0.25) is 0 Å². The molecule has 0 heterocycles. The zero-order valence-corrected chi connectivity index (χ0v) is 14.4. The fourth-order valence-electron chi connectivity index (χ4n) is 1.92. The van der Waals surface area contributed by atoms with E-state index in [0.29, 0.717) is 11.3 Å². The van der Waals surface area contributed by atoms with Crippen LogP contribution in [-0.2, 0) is 4.79 Å². The second-order valence-electron chi connectivity index (χ2n) is 5.04. The predicted octanol–water partition coefficient (Wildman–Crippen LogP) is 2.91. The van der Waals surface area contributed by atoms with Crippen LogP contribution in [0.15, 0.2) is 46.9 Å². The van der Waals surface area contributed by atoms with E-state index in [4.69, 9.17) is 4.74 Å². The van der Waals surface area contributed by atoms with E-state index in [9.17, 15) is 9.59 Å². The number of hydrazine groups is 1. The highest BCUT2D eigenvalue weighted by Crippen LogP contribution is 2.25. The van der Waals surface area contributed by atoms with Gasteiger partial charge in [0.15, 0.2) is 6.61 Å². The Hall–Kier alpha value is -2.34. The molecule has 0 radical (unpaired) electrons. The Morgan fingerprint density at radius 3 is 2.52 bits per heavy atom. The number of halogens is 1. The molecule has 0 aliphatic rings. The standard InChI is InChI=1S/C17H17BrN2O3/c1-11-7-8-15(14(18)9-11)23-10-16(21)19-20-17(22)13-6-4-3-5-12(13)2/h3-9H,10H2,1-2H3,(H,19,21)(H,20,22). The van der Waals surface area contributed by atoms with Crippen LogP contribution in [0.1, 0.15) is 21.5 Å². The molecule has 2 rings (SSSR count). The van der Waals surface area contributed by atoms with Gasteiger partial charge in [-0.2, -0.15) is 0 Å². The van der Waals surface area contributed by atoms with Gasteiger partial charge in [0.1, 0.15) is 5.75 Å². The van der Waals surface area contributed by atoms with Gasteiger partial charge in [0.05, 0.1) is 4.47 Å². The number of hydrogen-bond donors (Lipinski definition) is 2. The molecule has 0 saturated heterocycles. The molecule has 0 spiro atoms. The third-order valence-corrected chi connectivity index (χ3v) is 3.77. The van der Waals surface area contributed by atoms with Crippen molar-refractivity contribution in [3.8, 4) is 5.75 Å². The molecule has 0 bridgehead atoms. The molecule has 120 valence electrons. The third kappa shape index (κ3) is 4.82. The first-order chi connectivity index (χ1) is 11.0. The molecule has 23 heavy (non-hydrogen) atoms. The maximum Gasteiger partial charge on any atom is 0.276 e. The van der Waals surface area contributed by atoms with Crippen molar-refractivity contribution in [2.75, 3.05) is 6.61 Å². The first kappa shape index (κ1) is 17.0. The summed E-state index contributed by atoms with van der Waals surface area (Å²) in [6.07, 6.45) is 0. The topological polar surface area (TPSA) is 67.4 Å². The maximum absolute atomic E-state index is 12.0. The van der Waals surface area contributed by atoms with Gasteiger partial charge in [-0.1, -0.05) is 24.3 Å². The predicted molar refractivity (Wildman–Crippen MR) is 91.2 cm³/mol. The Balaban J connectivity index is 1.83. The van der Waals surface area contributed by atoms with E-state index in [0.717, 1.165) is 15.6 Å². The van der Waals surface area contributed by atoms with E-state index in [1.165, 1.54) is 0 Å². The number of benzene rings is 2. The molecular weight excluding hydrogens is 360 g/mol. The summed E-state index contributed by atoms with van der Waals surface area (Å²) in [4.78, 5) is 23.7. The largest absolute Gasteiger partial charge is 0.483 e. The molecule has 2 aromatic rings. The highest BCUT2D eigenvalue weighted by Gasteiger charge is 2.10. The molecule has 0 saturated carbocycles. The molecule has 0 aliphatic carbocycles. The number of rotatable bonds is 4. The van der Waals surface area contributed by atoms with E-state index in [2.05, 4.69) is 26.8 Å². The van der Waals surface area contributed by atoms with E-state index >= 15 is 0 Å². The van der Waals surface area contributed by atoms with Crippen LogP contribution in [0.5, 0.6) is 5.75 Å². The minimum absolute atomic E-state index is 0.199. The van der Waals surface area contributed by atoms with E-state index in [1.807, 2.05) is 38.1 Å². The summed E-state index contributed by atoms with van der Waals surface area (Å²) >= 11 is 3.37. The summed E-state index contributed by atoms with van der Waals surface area (Å²) in [5, 5.41) is 0. The number of amides is 2. The fraction of sp³-hybridized carbons (Fsp3) is 0.176. The lowest BCUT2D eigenvalue weighted by Gasteiger charge is -2.11. The number of carbonyl (C=O) groups excluding carboxylic acids is 2. The molecule has 0 fully saturated rings. The zero-order chi connectivity index (χ0) is 16.8. The summed E-state index contributed by atoms with van der Waals surface area (Å²) in [6.45, 7) is 3.59. The lowest BCUT2D eigenvalue weighted by Crippen LogP contribution is -2.44. The lowest BCUT2D eigenvalue weighted by atomic mass is 10.1. The van der Waals surface area contributed by atoms with Crippen LogP contribution in [0.25, 0.3) is 0 Å². The van der Waals surface area contributed by atoms with E-state index in [1.54, 1.807) is 18.2 Å². The molecule has 6 heteroatoms. The van der Waals surface area contributed by atoms with Crippen molar-refractivity contribution < 1.29 is 14.3 Å². The van der Waals surface area contributed by atoms with Crippen LogP contribution >= 0.6 is 15.9 Å². The monoisotopic (exact) mass is 376 g/mol. The normalized spacial score (nSPS) is 10.0. The summed E-state index contributed by atoms with van der Waals surface area (Å²) in [5.41, 5.74) is 7.12. The van der Waals surface area contributed by atoms with Crippen molar-refractivity contribution in [3.63, 3.8) is 0 Å². The van der Waals surface area contributed by atoms with Crippen molar-refractivity contribution in [1.82, 2.24) is 10.9 Å². The average molecular weight is 377 g/mol. The van der Waals surface area contributed by atoms with Gasteiger partial charge >= 0.3 is 0 Å². The van der Waals surface area contributed by atoms with Crippen LogP contribution in [-0.4, -0.2) is 18.4 Å². The molecule has 0 unspecified atom stereocenters. The van der Waals surface area contributed by atoms with E-state index < -0.39 is 5.91 Å². The van der Waals surface area contributed by atoms with E-state index in [-0.39, 0.29) is 12.5 Å². The number of aryl methyl sites for hydroxylation is 2. The SMILES string of the molecule is Cc1ccc(OCC(=O)NNC(=O)c2ccccc2C)c(Br)c1. The molecule has 5 nitrogen and oxygen atoms in total. The van der Waals surface area contributed by atoms with Crippen molar-refractivity contribution in [1.29, 1.82) is 0 Å². The van der Waals surface area contributed by atoms with Crippen molar-refractivity contribution in [2.45, 2.75) is 13.8 Å². The third-order valence-electron chi connectivity index (χ3n) is 3.15. The van der Waals surface area contributed by atoms with Crippen LogP contribution < -0.4 is 15.6 Å². The van der Waals surface area contributed by atoms with Gasteiger partial charge in [-0.05, 0) is 59.1 Å². The van der Waals surface area contributed by atoms with Crippen molar-refractivity contribution in [3.05, 3.63) is 63.6 Å². The number of hydrogen-bond acceptors (Lipinski definition) is 3. The van der Waals surface area contributed by atoms with Crippen LogP contribution in [0.2, 0.25) is 0 Å². The quantitative estimate of drug-likeness (QED) is 0.806. The Labute approximate surface area is 143 Å². The molecule has 0 aliphatic heterocycles. The van der Waals surface area contributed by atoms with Gasteiger partial charge in [-0.15, -0.1) is 0 Å². The molecule has 2 aromatic carbocycles. The van der Waals surface area contributed by atoms with Crippen molar-refractivity contribution >= 4 is 27.7 Å². The second kappa shape index (κ2) is 7.78. The molecule has 0 aromatic heterocycles. The van der Waals surface area contributed by atoms with Crippen LogP contribution in [0.3, 0.4) is 0 Å². The number of carbonyl (C=O) groups is 2. The summed E-state index contributed by atoms with van der Waals surface area (Å²) in [7, 11) is 0. The minimum Gasteiger partial charge on any atom is -0.483 e. The van der Waals surface area contributed by atoms with Crippen molar-refractivity contribution in [2.24, 2.45) is 0 Å². The summed E-state index contributed by atoms with van der Waals surface area (Å²) < 4.78 is 6.18. The van der Waals surface area contributed by atoms with Gasteiger partial charge < -0.3 is 4.74 Å². The minimum atomic E-state index is -0.445. The first-order valence-corrected chi connectivity index (χ1v) is 7.80. The Morgan fingerprint density at radius 2 is 1.83 bits per heavy atom. The van der Waals surface area contributed by atoms with Gasteiger partial charge in [-0.25, -0.2) is 0 Å². The summed E-state index contributed by atoms with van der Waals surface area (Å²) in [5.74, 6) is -0.247. The Bertz CT molecular complexity index is 732. The number of nitrogens with one attached hydrogen (secondary N) is 2. The Morgan fingerprint density at radius 1 is 1.09 bits per heavy atom. The average Bonchev–Trinajstić information content (AvgIpc) is 2.52. The van der Waals surface area contributed by atoms with Gasteiger partial charge in [-0.3, -0.25) is 20.4 Å². The van der Waals surface area contributed by atoms with Crippen LogP contribution in [0.4, 0.5) is 0 Å². The highest BCUT2D eigenvalue weighted by atomic mass is 79.9. The maximum atomic E-state index is 12.0. The van der Waals surface area contributed by atoms with Gasteiger partial charge in [0, 0.05) is 5.56 Å². The highest BCUT2D eigenvalue weighted by molar-refractivity contribution is 9.10. The molecular formula is C17H17BrN2O3.